The van der Waals surface area contributed by atoms with Crippen LogP contribution in [0.4, 0.5) is 0 Å². The van der Waals surface area contributed by atoms with Crippen LogP contribution in [0.25, 0.3) is 0 Å². The van der Waals surface area contributed by atoms with Gasteiger partial charge < -0.3 is 19.7 Å². The van der Waals surface area contributed by atoms with Crippen LogP contribution in [0, 0.1) is 0 Å². The fourth-order valence-corrected chi connectivity index (χ4v) is 3.00. The summed E-state index contributed by atoms with van der Waals surface area (Å²) >= 11 is 6.05. The molecule has 0 aromatic heterocycles. The molecular formula is C18H17ClO6. The molecule has 3 rings (SSSR count). The fraction of sp³-hybridized carbons (Fsp3) is 0.333. The zero-order chi connectivity index (χ0) is 18.1. The van der Waals surface area contributed by atoms with E-state index in [1.807, 2.05) is 6.08 Å². The number of ketones is 1. The summed E-state index contributed by atoms with van der Waals surface area (Å²) in [5.41, 5.74) is -0.176. The standard InChI is InChI=1S/C18H17ClO6/c1-9-6-15-14(25-15)5-3-2-4-10(20)7-11-16(18(23)24-9)12(21)8-13(22)17(11)19/h2-5,8-9,14-15,21-22H,6-7H2,1H3/b4-2+,5-3-/t9-,14?,15?/m0/s1. The maximum absolute atomic E-state index is 12.5. The maximum atomic E-state index is 12.5. The maximum Gasteiger partial charge on any atom is 0.342 e. The highest BCUT2D eigenvalue weighted by Crippen LogP contribution is 2.37. The zero-order valence-corrected chi connectivity index (χ0v) is 14.2. The number of carbonyl (C=O) groups is 2. The van der Waals surface area contributed by atoms with Crippen LogP contribution in [0.1, 0.15) is 29.3 Å². The Kier molecular flexibility index (Phi) is 4.83. The lowest BCUT2D eigenvalue weighted by Gasteiger charge is -2.16. The van der Waals surface area contributed by atoms with Crippen molar-refractivity contribution in [3.8, 4) is 11.5 Å². The van der Waals surface area contributed by atoms with E-state index in [1.54, 1.807) is 19.1 Å². The Balaban J connectivity index is 2.01. The van der Waals surface area contributed by atoms with Crippen molar-refractivity contribution < 1.29 is 29.3 Å². The second kappa shape index (κ2) is 6.90. The van der Waals surface area contributed by atoms with Crippen molar-refractivity contribution >= 4 is 23.4 Å². The first-order valence-electron chi connectivity index (χ1n) is 7.84. The van der Waals surface area contributed by atoms with Crippen molar-refractivity contribution in [3.63, 3.8) is 0 Å². The van der Waals surface area contributed by atoms with Gasteiger partial charge in [-0.25, -0.2) is 4.79 Å². The van der Waals surface area contributed by atoms with Crippen LogP contribution < -0.4 is 0 Å². The van der Waals surface area contributed by atoms with Crippen LogP contribution >= 0.6 is 11.6 Å². The van der Waals surface area contributed by atoms with Gasteiger partial charge in [-0.3, -0.25) is 4.79 Å². The Morgan fingerprint density at radius 2 is 1.96 bits per heavy atom. The third-order valence-electron chi connectivity index (χ3n) is 4.06. The van der Waals surface area contributed by atoms with Gasteiger partial charge in [0, 0.05) is 24.5 Å². The number of esters is 1. The molecule has 132 valence electrons. The van der Waals surface area contributed by atoms with Crippen LogP contribution in [0.15, 0.2) is 30.4 Å². The minimum Gasteiger partial charge on any atom is -0.507 e. The monoisotopic (exact) mass is 364 g/mol. The smallest absolute Gasteiger partial charge is 0.342 e. The summed E-state index contributed by atoms with van der Waals surface area (Å²) in [4.78, 5) is 24.6. The lowest BCUT2D eigenvalue weighted by molar-refractivity contribution is -0.114. The second-order valence-electron chi connectivity index (χ2n) is 6.06. The third kappa shape index (κ3) is 3.86. The van der Waals surface area contributed by atoms with Gasteiger partial charge in [0.2, 0.25) is 0 Å². The Bertz CT molecular complexity index is 782. The van der Waals surface area contributed by atoms with Crippen molar-refractivity contribution in [3.05, 3.63) is 46.5 Å². The average molecular weight is 365 g/mol. The van der Waals surface area contributed by atoms with Crippen LogP contribution in [0.5, 0.6) is 11.5 Å². The molecule has 25 heavy (non-hydrogen) atoms. The quantitative estimate of drug-likeness (QED) is 0.542. The molecule has 0 aliphatic carbocycles. The fourth-order valence-electron chi connectivity index (χ4n) is 2.78. The predicted molar refractivity (Wildman–Crippen MR) is 89.9 cm³/mol. The number of phenols is 2. The Labute approximate surface area is 149 Å². The Morgan fingerprint density at radius 3 is 2.72 bits per heavy atom. The summed E-state index contributed by atoms with van der Waals surface area (Å²) in [6.45, 7) is 1.72. The molecule has 1 saturated heterocycles. The van der Waals surface area contributed by atoms with Crippen molar-refractivity contribution in [2.45, 2.75) is 38.1 Å². The van der Waals surface area contributed by atoms with Gasteiger partial charge in [-0.2, -0.15) is 0 Å². The van der Waals surface area contributed by atoms with E-state index in [9.17, 15) is 19.8 Å². The Hall–Kier alpha value is -2.31. The number of ether oxygens (including phenoxy) is 2. The topological polar surface area (TPSA) is 96.4 Å². The normalized spacial score (nSPS) is 29.0. The van der Waals surface area contributed by atoms with Gasteiger partial charge in [0.05, 0.1) is 11.1 Å². The number of rotatable bonds is 0. The minimum atomic E-state index is -0.802. The summed E-state index contributed by atoms with van der Waals surface area (Å²) in [5, 5.41) is 19.7. The number of aromatic hydroxyl groups is 2. The molecule has 0 saturated carbocycles. The lowest BCUT2D eigenvalue weighted by Crippen LogP contribution is -2.19. The van der Waals surface area contributed by atoms with Crippen molar-refractivity contribution in [1.29, 1.82) is 0 Å². The van der Waals surface area contributed by atoms with E-state index in [0.717, 1.165) is 6.07 Å². The number of hydrogen-bond acceptors (Lipinski definition) is 6. The first kappa shape index (κ1) is 17.5. The van der Waals surface area contributed by atoms with Crippen LogP contribution in [-0.4, -0.2) is 40.3 Å². The molecule has 0 radical (unpaired) electrons. The minimum absolute atomic E-state index is 0.0348. The molecule has 2 aliphatic heterocycles. The van der Waals surface area contributed by atoms with Crippen molar-refractivity contribution in [2.24, 2.45) is 0 Å². The van der Waals surface area contributed by atoms with E-state index in [2.05, 4.69) is 0 Å². The van der Waals surface area contributed by atoms with Gasteiger partial charge in [0.25, 0.3) is 0 Å². The van der Waals surface area contributed by atoms with Crippen molar-refractivity contribution in [1.82, 2.24) is 0 Å². The molecule has 1 aromatic carbocycles. The Morgan fingerprint density at radius 1 is 1.20 bits per heavy atom. The molecule has 3 atom stereocenters. The zero-order valence-electron chi connectivity index (χ0n) is 13.4. The van der Waals surface area contributed by atoms with Gasteiger partial charge in [-0.05, 0) is 13.0 Å². The number of carbonyl (C=O) groups excluding carboxylic acids is 2. The molecular weight excluding hydrogens is 348 g/mol. The number of fused-ring (bicyclic) bond motifs is 2. The van der Waals surface area contributed by atoms with Crippen LogP contribution in [0.3, 0.4) is 0 Å². The number of hydrogen-bond donors (Lipinski definition) is 2. The van der Waals surface area contributed by atoms with E-state index in [4.69, 9.17) is 21.1 Å². The van der Waals surface area contributed by atoms with Crippen LogP contribution in [0.2, 0.25) is 5.02 Å². The number of benzene rings is 1. The highest BCUT2D eigenvalue weighted by molar-refractivity contribution is 6.33. The molecule has 6 nitrogen and oxygen atoms in total. The number of phenolic OH excluding ortho intramolecular Hbond substituents is 2. The largest absolute Gasteiger partial charge is 0.507 e. The molecule has 1 fully saturated rings. The summed E-state index contributed by atoms with van der Waals surface area (Å²) < 4.78 is 10.8. The first-order valence-corrected chi connectivity index (χ1v) is 8.22. The lowest BCUT2D eigenvalue weighted by atomic mass is 10.00. The van der Waals surface area contributed by atoms with Crippen molar-refractivity contribution in [2.75, 3.05) is 0 Å². The number of cyclic esters (lactones) is 1. The van der Waals surface area contributed by atoms with Gasteiger partial charge in [-0.1, -0.05) is 29.8 Å². The second-order valence-corrected chi connectivity index (χ2v) is 6.44. The molecule has 2 unspecified atom stereocenters. The summed E-state index contributed by atoms with van der Waals surface area (Å²) in [6.07, 6.45) is 6.13. The SMILES string of the molecule is C[C@H]1CC2OC2/C=C\C=C\C(=O)Cc2c(Cl)c(O)cc(O)c2C(=O)O1. The van der Waals surface area contributed by atoms with E-state index in [1.165, 1.54) is 6.08 Å². The molecule has 0 spiro atoms. The molecule has 0 bridgehead atoms. The van der Waals surface area contributed by atoms with Gasteiger partial charge in [-0.15, -0.1) is 0 Å². The van der Waals surface area contributed by atoms with E-state index >= 15 is 0 Å². The van der Waals surface area contributed by atoms with Crippen LogP contribution in [-0.2, 0) is 20.7 Å². The molecule has 1 aromatic rings. The van der Waals surface area contributed by atoms with E-state index < -0.39 is 23.6 Å². The van der Waals surface area contributed by atoms with Gasteiger partial charge in [0.15, 0.2) is 5.78 Å². The highest BCUT2D eigenvalue weighted by atomic mass is 35.5. The van der Waals surface area contributed by atoms with Gasteiger partial charge in [0.1, 0.15) is 29.3 Å². The highest BCUT2D eigenvalue weighted by Gasteiger charge is 2.38. The molecule has 2 heterocycles. The number of allylic oxidation sites excluding steroid dienone is 3. The van der Waals surface area contributed by atoms with E-state index in [-0.39, 0.29) is 40.6 Å². The summed E-state index contributed by atoms with van der Waals surface area (Å²) in [7, 11) is 0. The van der Waals surface area contributed by atoms with E-state index in [0.29, 0.717) is 6.42 Å². The third-order valence-corrected chi connectivity index (χ3v) is 4.49. The molecule has 7 heteroatoms. The van der Waals surface area contributed by atoms with Gasteiger partial charge >= 0.3 is 5.97 Å². The average Bonchev–Trinajstić information content (AvgIpc) is 3.25. The number of epoxide rings is 1. The molecule has 2 aliphatic rings. The summed E-state index contributed by atoms with van der Waals surface area (Å²) in [6, 6.07) is 0.958. The summed E-state index contributed by atoms with van der Waals surface area (Å²) in [5.74, 6) is -2.04. The number of halogens is 1. The molecule has 0 amide bonds. The first-order chi connectivity index (χ1) is 11.9. The predicted octanol–water partition coefficient (Wildman–Crippen LogP) is 2.69. The molecule has 2 N–H and O–H groups in total.